The number of methoxy groups -OCH3 is 1. The lowest BCUT2D eigenvalue weighted by atomic mass is 9.94. The van der Waals surface area contributed by atoms with Crippen molar-refractivity contribution in [1.82, 2.24) is 4.90 Å². The Morgan fingerprint density at radius 1 is 0.538 bits per heavy atom. The summed E-state index contributed by atoms with van der Waals surface area (Å²) in [6.45, 7) is 12.8. The van der Waals surface area contributed by atoms with Crippen molar-refractivity contribution < 1.29 is 43.2 Å². The van der Waals surface area contributed by atoms with E-state index in [1.807, 2.05) is 0 Å². The van der Waals surface area contributed by atoms with Gasteiger partial charge in [-0.2, -0.15) is 0 Å². The zero-order valence-corrected chi connectivity index (χ0v) is 43.2. The van der Waals surface area contributed by atoms with Crippen molar-refractivity contribution in [3.05, 3.63) is 0 Å². The van der Waals surface area contributed by atoms with Crippen molar-refractivity contribution in [2.75, 3.05) is 46.6 Å². The van der Waals surface area contributed by atoms with E-state index in [0.29, 0.717) is 19.4 Å². The summed E-state index contributed by atoms with van der Waals surface area (Å²) < 4.78 is 29.1. The molecule has 1 N–H and O–H groups in total. The molecular weight excluding hydrogens is 819 g/mol. The molecule has 0 radical (unpaired) electrons. The minimum atomic E-state index is -0.691. The first-order chi connectivity index (χ1) is 31.8. The third-order valence-electron chi connectivity index (χ3n) is 13.5. The summed E-state index contributed by atoms with van der Waals surface area (Å²) in [4.78, 5) is 41.6. The summed E-state index contributed by atoms with van der Waals surface area (Å²) in [5.74, 6) is -0.375. The van der Waals surface area contributed by atoms with Crippen LogP contribution in [0.2, 0.25) is 0 Å². The van der Waals surface area contributed by atoms with E-state index in [1.165, 1.54) is 89.9 Å². The van der Waals surface area contributed by atoms with Gasteiger partial charge >= 0.3 is 17.9 Å². The van der Waals surface area contributed by atoms with E-state index in [9.17, 15) is 19.5 Å². The van der Waals surface area contributed by atoms with E-state index in [-0.39, 0.29) is 49.1 Å². The minimum Gasteiger partial charge on any atom is -0.465 e. The predicted molar refractivity (Wildman–Crippen MR) is 267 cm³/mol. The molecule has 0 aromatic carbocycles. The number of esters is 3. The first kappa shape index (κ1) is 61.3. The van der Waals surface area contributed by atoms with E-state index in [2.05, 4.69) is 32.6 Å². The van der Waals surface area contributed by atoms with Gasteiger partial charge in [-0.05, 0) is 83.8 Å². The highest BCUT2D eigenvalue weighted by atomic mass is 16.7. The number of nitrogens with zero attached hydrogens (tertiary/aromatic N) is 1. The van der Waals surface area contributed by atoms with Crippen LogP contribution in [0.25, 0.3) is 0 Å². The van der Waals surface area contributed by atoms with Crippen molar-refractivity contribution in [2.45, 2.75) is 277 Å². The average Bonchev–Trinajstić information content (AvgIpc) is 3.70. The Kier molecular flexibility index (Phi) is 42.2. The Morgan fingerprint density at radius 2 is 0.954 bits per heavy atom. The molecule has 1 fully saturated rings. The number of hydrogen-bond donors (Lipinski definition) is 1. The number of ether oxygens (including phenoxy) is 5. The molecular formula is C55H105NO9. The van der Waals surface area contributed by atoms with Gasteiger partial charge in [0.05, 0.1) is 24.5 Å². The SMILES string of the molecule is CCCCCCCCC(CCCCCC)C(=O)OCCCCCCN(CCCCO)CCCCCCC(=O)O[C@@H]1C[C@H](OC)[C@@H](COC(=O)C(CCCCCC)CCCCCCCC)O1. The second-order valence-corrected chi connectivity index (χ2v) is 19.5. The third kappa shape index (κ3) is 34.2. The summed E-state index contributed by atoms with van der Waals surface area (Å²) in [6.07, 6.45) is 37.0. The van der Waals surface area contributed by atoms with Crippen LogP contribution in [0.5, 0.6) is 0 Å². The average molecular weight is 924 g/mol. The quantitative estimate of drug-likeness (QED) is 0.0359. The maximum absolute atomic E-state index is 13.2. The number of carbonyl (C=O) groups is 3. The highest BCUT2D eigenvalue weighted by molar-refractivity contribution is 5.72. The van der Waals surface area contributed by atoms with Gasteiger partial charge in [0.25, 0.3) is 0 Å². The number of unbranched alkanes of at least 4 members (excludes halogenated alkanes) is 23. The van der Waals surface area contributed by atoms with Crippen molar-refractivity contribution in [2.24, 2.45) is 11.8 Å². The largest absolute Gasteiger partial charge is 0.465 e. The molecule has 10 nitrogen and oxygen atoms in total. The Hall–Kier alpha value is -1.75. The van der Waals surface area contributed by atoms with Gasteiger partial charge in [0.2, 0.25) is 6.29 Å². The van der Waals surface area contributed by atoms with Crippen LogP contribution in [-0.4, -0.2) is 93.0 Å². The number of hydrogen-bond acceptors (Lipinski definition) is 10. The molecule has 1 heterocycles. The summed E-state index contributed by atoms with van der Waals surface area (Å²) in [5, 5.41) is 9.36. The lowest BCUT2D eigenvalue weighted by molar-refractivity contribution is -0.182. The van der Waals surface area contributed by atoms with Gasteiger partial charge in [0, 0.05) is 26.6 Å². The van der Waals surface area contributed by atoms with Crippen molar-refractivity contribution in [3.63, 3.8) is 0 Å². The second-order valence-electron chi connectivity index (χ2n) is 19.5. The van der Waals surface area contributed by atoms with Gasteiger partial charge in [0.15, 0.2) is 0 Å². The summed E-state index contributed by atoms with van der Waals surface area (Å²) in [7, 11) is 1.63. The Labute approximate surface area is 400 Å². The fraction of sp³-hybridized carbons (Fsp3) is 0.945. The third-order valence-corrected chi connectivity index (χ3v) is 13.5. The number of aliphatic hydroxyl groups is 1. The molecule has 0 aliphatic carbocycles. The second kappa shape index (κ2) is 44.7. The van der Waals surface area contributed by atoms with E-state index >= 15 is 0 Å². The van der Waals surface area contributed by atoms with Crippen LogP contribution < -0.4 is 0 Å². The predicted octanol–water partition coefficient (Wildman–Crippen LogP) is 14.0. The van der Waals surface area contributed by atoms with Crippen LogP contribution in [0.3, 0.4) is 0 Å². The van der Waals surface area contributed by atoms with E-state index < -0.39 is 12.4 Å². The molecule has 1 aliphatic heterocycles. The number of aliphatic hydroxyl groups excluding tert-OH is 1. The van der Waals surface area contributed by atoms with Crippen LogP contribution in [0.1, 0.15) is 259 Å². The molecule has 1 rings (SSSR count). The van der Waals surface area contributed by atoms with Gasteiger partial charge in [-0.15, -0.1) is 0 Å². The zero-order chi connectivity index (χ0) is 47.4. The van der Waals surface area contributed by atoms with Crippen molar-refractivity contribution >= 4 is 17.9 Å². The van der Waals surface area contributed by atoms with Gasteiger partial charge < -0.3 is 33.7 Å². The molecule has 65 heavy (non-hydrogen) atoms. The smallest absolute Gasteiger partial charge is 0.309 e. The first-order valence-corrected chi connectivity index (χ1v) is 27.9. The maximum atomic E-state index is 13.2. The van der Waals surface area contributed by atoms with Gasteiger partial charge in [-0.1, -0.05) is 182 Å². The molecule has 1 aliphatic rings. The minimum absolute atomic E-state index is 0.0320. The molecule has 0 saturated carbocycles. The van der Waals surface area contributed by atoms with Gasteiger partial charge in [-0.3, -0.25) is 14.4 Å². The fourth-order valence-electron chi connectivity index (χ4n) is 9.20. The summed E-state index contributed by atoms with van der Waals surface area (Å²) in [6, 6.07) is 0. The molecule has 0 aromatic heterocycles. The molecule has 5 atom stereocenters. The van der Waals surface area contributed by atoms with Crippen LogP contribution in [-0.2, 0) is 38.1 Å². The fourth-order valence-corrected chi connectivity index (χ4v) is 9.20. The Balaban J connectivity index is 2.36. The molecule has 10 heteroatoms. The Bertz CT molecular complexity index is 1090. The number of carbonyl (C=O) groups excluding carboxylic acids is 3. The lowest BCUT2D eigenvalue weighted by Gasteiger charge is -2.22. The summed E-state index contributed by atoms with van der Waals surface area (Å²) in [5.41, 5.74) is 0. The van der Waals surface area contributed by atoms with Gasteiger partial charge in [-0.25, -0.2) is 0 Å². The van der Waals surface area contributed by atoms with Crippen LogP contribution >= 0.6 is 0 Å². The molecule has 0 spiro atoms. The summed E-state index contributed by atoms with van der Waals surface area (Å²) >= 11 is 0. The van der Waals surface area contributed by atoms with E-state index in [0.717, 1.165) is 148 Å². The lowest BCUT2D eigenvalue weighted by Crippen LogP contribution is -2.31. The zero-order valence-electron chi connectivity index (χ0n) is 43.2. The molecule has 384 valence electrons. The van der Waals surface area contributed by atoms with E-state index in [4.69, 9.17) is 23.7 Å². The topological polar surface area (TPSA) is 121 Å². The van der Waals surface area contributed by atoms with Crippen LogP contribution in [0.15, 0.2) is 0 Å². The highest BCUT2D eigenvalue weighted by Gasteiger charge is 2.39. The molecule has 2 unspecified atom stereocenters. The standard InChI is InChI=1S/C55H105NO9/c1-6-10-14-18-20-28-38-48(36-26-16-12-8-3)54(59)62-45-35-25-24-32-42-56(43-33-34-44-57)41-31-23-22-30-40-52(58)65-53-46-50(61-5)51(64-53)47-63-55(60)49(37-27-17-13-9-4)39-29-21-19-15-11-7-2/h48-51,53,57H,6-47H2,1-5H3/t48?,49?,50-,51+,53+/m0/s1. The molecule has 0 aromatic rings. The van der Waals surface area contributed by atoms with Crippen LogP contribution in [0, 0.1) is 11.8 Å². The normalized spacial score (nSPS) is 17.1. The Morgan fingerprint density at radius 3 is 1.45 bits per heavy atom. The molecule has 1 saturated heterocycles. The van der Waals surface area contributed by atoms with Crippen molar-refractivity contribution in [1.29, 1.82) is 0 Å². The van der Waals surface area contributed by atoms with E-state index in [1.54, 1.807) is 7.11 Å². The first-order valence-electron chi connectivity index (χ1n) is 27.9. The van der Waals surface area contributed by atoms with Crippen molar-refractivity contribution in [3.8, 4) is 0 Å². The molecule has 0 amide bonds. The molecule has 0 bridgehead atoms. The maximum Gasteiger partial charge on any atom is 0.309 e. The van der Waals surface area contributed by atoms with Crippen LogP contribution in [0.4, 0.5) is 0 Å². The highest BCUT2D eigenvalue weighted by Crippen LogP contribution is 2.27. The number of rotatable bonds is 48. The van der Waals surface area contributed by atoms with Gasteiger partial charge in [0.1, 0.15) is 12.7 Å². The monoisotopic (exact) mass is 924 g/mol.